The lowest BCUT2D eigenvalue weighted by Gasteiger charge is -2.33. The fraction of sp³-hybridized carbons (Fsp3) is 0.310. The predicted molar refractivity (Wildman–Crippen MR) is 162 cm³/mol. The first-order valence-corrected chi connectivity index (χ1v) is 15.4. The van der Waals surface area contributed by atoms with Crippen LogP contribution in [0.1, 0.15) is 37.8 Å². The van der Waals surface area contributed by atoms with Crippen LogP contribution in [0.5, 0.6) is 0 Å². The van der Waals surface area contributed by atoms with Crippen molar-refractivity contribution in [1.29, 1.82) is 0 Å². The number of halogens is 3. The number of sulfonamides is 1. The molecule has 7 nitrogen and oxygen atoms in total. The van der Waals surface area contributed by atoms with Crippen molar-refractivity contribution < 1.29 is 18.0 Å². The smallest absolute Gasteiger partial charge is 0.264 e. The number of carbonyl (C=O) groups excluding carboxylic acids is 2. The predicted octanol–water partition coefficient (Wildman–Crippen LogP) is 6.48. The van der Waals surface area contributed by atoms with E-state index < -0.39 is 28.5 Å². The first-order chi connectivity index (χ1) is 19.0. The summed E-state index contributed by atoms with van der Waals surface area (Å²) in [7, 11) is -4.19. The number of amides is 2. The zero-order chi connectivity index (χ0) is 29.4. The third-order valence-electron chi connectivity index (χ3n) is 6.39. The molecule has 40 heavy (non-hydrogen) atoms. The minimum Gasteiger partial charge on any atom is -0.354 e. The summed E-state index contributed by atoms with van der Waals surface area (Å²) in [6, 6.07) is 16.8. The molecule has 3 aromatic carbocycles. The summed E-state index contributed by atoms with van der Waals surface area (Å²) in [5.41, 5.74) is 1.41. The van der Waals surface area contributed by atoms with Crippen LogP contribution < -0.4 is 9.62 Å². The second-order valence-corrected chi connectivity index (χ2v) is 12.3. The van der Waals surface area contributed by atoms with Crippen molar-refractivity contribution in [3.63, 3.8) is 0 Å². The van der Waals surface area contributed by atoms with Gasteiger partial charge in [-0.15, -0.1) is 0 Å². The molecule has 11 heteroatoms. The molecule has 0 aliphatic heterocycles. The maximum atomic E-state index is 14.1. The van der Waals surface area contributed by atoms with Gasteiger partial charge in [0.15, 0.2) is 0 Å². The Labute approximate surface area is 251 Å². The molecule has 0 saturated heterocycles. The van der Waals surface area contributed by atoms with Crippen LogP contribution in [0.4, 0.5) is 5.69 Å². The average molecular weight is 625 g/mol. The van der Waals surface area contributed by atoms with Gasteiger partial charge >= 0.3 is 0 Å². The fourth-order valence-electron chi connectivity index (χ4n) is 4.22. The molecule has 0 bridgehead atoms. The van der Waals surface area contributed by atoms with Crippen molar-refractivity contribution in [2.24, 2.45) is 0 Å². The van der Waals surface area contributed by atoms with Gasteiger partial charge in [0, 0.05) is 18.1 Å². The van der Waals surface area contributed by atoms with Gasteiger partial charge in [-0.25, -0.2) is 8.42 Å². The molecular weight excluding hydrogens is 593 g/mol. The van der Waals surface area contributed by atoms with Gasteiger partial charge in [0.25, 0.3) is 10.0 Å². The van der Waals surface area contributed by atoms with Gasteiger partial charge < -0.3 is 10.2 Å². The Bertz CT molecular complexity index is 1450. The van der Waals surface area contributed by atoms with Crippen molar-refractivity contribution in [1.82, 2.24) is 10.2 Å². The Hall–Kier alpha value is -2.78. The van der Waals surface area contributed by atoms with E-state index in [4.69, 9.17) is 34.8 Å². The minimum absolute atomic E-state index is 0.0154. The number of rotatable bonds is 12. The number of carbonyl (C=O) groups is 2. The van der Waals surface area contributed by atoms with E-state index in [1.807, 2.05) is 6.92 Å². The highest BCUT2D eigenvalue weighted by Crippen LogP contribution is 2.31. The van der Waals surface area contributed by atoms with Crippen molar-refractivity contribution in [3.05, 3.63) is 92.9 Å². The maximum Gasteiger partial charge on any atom is 0.264 e. The summed E-state index contributed by atoms with van der Waals surface area (Å²) < 4.78 is 28.9. The summed E-state index contributed by atoms with van der Waals surface area (Å²) in [6.07, 6.45) is 1.03. The van der Waals surface area contributed by atoms with E-state index >= 15 is 0 Å². The van der Waals surface area contributed by atoms with Gasteiger partial charge in [-0.05, 0) is 67.3 Å². The summed E-state index contributed by atoms with van der Waals surface area (Å²) in [5, 5.41) is 3.87. The first kappa shape index (κ1) is 31.7. The molecule has 0 radical (unpaired) electrons. The van der Waals surface area contributed by atoms with Crippen LogP contribution >= 0.6 is 34.8 Å². The molecular formula is C29H32Cl3N3O4S. The molecule has 2 amide bonds. The standard InChI is InChI=1S/C29H32Cl3N3O4S/c1-4-16-33-29(37)26(5-2)34(18-21-14-15-24(31)25(32)17-21)28(36)19-35(27-13-9-12-23(30)20(27)3)40(38,39)22-10-7-6-8-11-22/h6-15,17,26H,4-5,16,18-19H2,1-3H3,(H,33,37)/t26-/m0/s1. The quantitative estimate of drug-likeness (QED) is 0.250. The summed E-state index contributed by atoms with van der Waals surface area (Å²) in [5.74, 6) is -0.891. The maximum absolute atomic E-state index is 14.1. The third-order valence-corrected chi connectivity index (χ3v) is 9.31. The van der Waals surface area contributed by atoms with Crippen LogP contribution in [0.3, 0.4) is 0 Å². The van der Waals surface area contributed by atoms with Gasteiger partial charge in [0.1, 0.15) is 12.6 Å². The monoisotopic (exact) mass is 623 g/mol. The van der Waals surface area contributed by atoms with Gasteiger partial charge in [0.05, 0.1) is 20.6 Å². The lowest BCUT2D eigenvalue weighted by atomic mass is 10.1. The molecule has 0 spiro atoms. The van der Waals surface area contributed by atoms with E-state index in [-0.39, 0.29) is 23.0 Å². The van der Waals surface area contributed by atoms with Crippen LogP contribution in [0.2, 0.25) is 15.1 Å². The SMILES string of the molecule is CCCNC(=O)[C@H](CC)N(Cc1ccc(Cl)c(Cl)c1)C(=O)CN(c1cccc(Cl)c1C)S(=O)(=O)c1ccccc1. The zero-order valence-electron chi connectivity index (χ0n) is 22.5. The van der Waals surface area contributed by atoms with E-state index in [0.717, 1.165) is 10.7 Å². The Kier molecular flexibility index (Phi) is 11.3. The van der Waals surface area contributed by atoms with E-state index in [9.17, 15) is 18.0 Å². The second kappa shape index (κ2) is 14.2. The Morgan fingerprint density at radius 1 is 0.900 bits per heavy atom. The Balaban J connectivity index is 2.09. The lowest BCUT2D eigenvalue weighted by molar-refractivity contribution is -0.140. The van der Waals surface area contributed by atoms with Gasteiger partial charge in [-0.3, -0.25) is 13.9 Å². The number of benzene rings is 3. The minimum atomic E-state index is -4.19. The van der Waals surface area contributed by atoms with E-state index in [2.05, 4.69) is 5.32 Å². The largest absolute Gasteiger partial charge is 0.354 e. The Morgan fingerprint density at radius 2 is 1.60 bits per heavy atom. The van der Waals surface area contributed by atoms with Crippen LogP contribution in [-0.2, 0) is 26.2 Å². The summed E-state index contributed by atoms with van der Waals surface area (Å²) >= 11 is 18.7. The van der Waals surface area contributed by atoms with E-state index in [1.165, 1.54) is 17.0 Å². The fourth-order valence-corrected chi connectivity index (χ4v) is 6.20. The number of nitrogens with one attached hydrogen (secondary N) is 1. The van der Waals surface area contributed by atoms with Crippen LogP contribution in [0.15, 0.2) is 71.6 Å². The van der Waals surface area contributed by atoms with Gasteiger partial charge in [-0.2, -0.15) is 0 Å². The molecule has 0 fully saturated rings. The molecule has 1 N–H and O–H groups in total. The first-order valence-electron chi connectivity index (χ1n) is 12.8. The molecule has 0 saturated carbocycles. The highest BCUT2D eigenvalue weighted by atomic mass is 35.5. The number of nitrogens with zero attached hydrogens (tertiary/aromatic N) is 2. The number of hydrogen-bond donors (Lipinski definition) is 1. The highest BCUT2D eigenvalue weighted by molar-refractivity contribution is 7.92. The van der Waals surface area contributed by atoms with Crippen LogP contribution in [0, 0.1) is 6.92 Å². The molecule has 0 aromatic heterocycles. The molecule has 0 heterocycles. The topological polar surface area (TPSA) is 86.8 Å². The molecule has 3 aromatic rings. The molecule has 1 atom stereocenters. The molecule has 214 valence electrons. The summed E-state index contributed by atoms with van der Waals surface area (Å²) in [6.45, 7) is 5.32. The van der Waals surface area contributed by atoms with Crippen molar-refractivity contribution in [2.45, 2.75) is 51.1 Å². The molecule has 0 aliphatic rings. The number of anilines is 1. The Morgan fingerprint density at radius 3 is 2.23 bits per heavy atom. The zero-order valence-corrected chi connectivity index (χ0v) is 25.6. The van der Waals surface area contributed by atoms with Gasteiger partial charge in [-0.1, -0.05) is 79.0 Å². The molecule has 0 aliphatic carbocycles. The number of hydrogen-bond acceptors (Lipinski definition) is 4. The molecule has 0 unspecified atom stereocenters. The van der Waals surface area contributed by atoms with E-state index in [0.29, 0.717) is 39.2 Å². The van der Waals surface area contributed by atoms with Crippen molar-refractivity contribution in [3.8, 4) is 0 Å². The van der Waals surface area contributed by atoms with Gasteiger partial charge in [0.2, 0.25) is 11.8 Å². The average Bonchev–Trinajstić information content (AvgIpc) is 2.94. The normalized spacial score (nSPS) is 12.1. The summed E-state index contributed by atoms with van der Waals surface area (Å²) in [4.78, 5) is 28.7. The third kappa shape index (κ3) is 7.49. The van der Waals surface area contributed by atoms with Crippen molar-refractivity contribution >= 4 is 62.3 Å². The van der Waals surface area contributed by atoms with Crippen LogP contribution in [0.25, 0.3) is 0 Å². The van der Waals surface area contributed by atoms with Crippen LogP contribution in [-0.4, -0.2) is 44.3 Å². The second-order valence-electron chi connectivity index (χ2n) is 9.19. The van der Waals surface area contributed by atoms with E-state index in [1.54, 1.807) is 68.4 Å². The molecule has 3 rings (SSSR count). The highest BCUT2D eigenvalue weighted by Gasteiger charge is 2.34. The van der Waals surface area contributed by atoms with Crippen molar-refractivity contribution in [2.75, 3.05) is 17.4 Å². The lowest BCUT2D eigenvalue weighted by Crippen LogP contribution is -2.52.